The number of anilines is 1. The molecule has 128 valence electrons. The van der Waals surface area contributed by atoms with Gasteiger partial charge in [0.25, 0.3) is 0 Å². The Morgan fingerprint density at radius 1 is 1.35 bits per heavy atom. The van der Waals surface area contributed by atoms with Gasteiger partial charge >= 0.3 is 0 Å². The van der Waals surface area contributed by atoms with E-state index in [9.17, 15) is 9.18 Å². The highest BCUT2D eigenvalue weighted by molar-refractivity contribution is 5.90. The lowest BCUT2D eigenvalue weighted by Gasteiger charge is -2.28. The minimum atomic E-state index is -0.445. The minimum absolute atomic E-state index is 0. The van der Waals surface area contributed by atoms with Gasteiger partial charge < -0.3 is 15.4 Å². The zero-order chi connectivity index (χ0) is 15.5. The smallest absolute Gasteiger partial charge is 0.224 e. The molecule has 1 aromatic rings. The maximum atomic E-state index is 13.8. The Bertz CT molecular complexity index is 543. The molecule has 0 aliphatic carbocycles. The van der Waals surface area contributed by atoms with Crippen LogP contribution in [0, 0.1) is 11.7 Å². The lowest BCUT2D eigenvalue weighted by molar-refractivity contribution is -0.117. The molecule has 0 spiro atoms. The van der Waals surface area contributed by atoms with E-state index < -0.39 is 5.82 Å². The maximum absolute atomic E-state index is 13.8. The molecule has 6 heteroatoms. The van der Waals surface area contributed by atoms with Gasteiger partial charge in [0, 0.05) is 30.3 Å². The topological polar surface area (TPSA) is 50.4 Å². The molecule has 2 N–H and O–H groups in total. The largest absolute Gasteiger partial charge is 0.491 e. The number of carbonyl (C=O) groups excluding carboxylic acids is 1. The Labute approximate surface area is 142 Å². The van der Waals surface area contributed by atoms with Gasteiger partial charge in [-0.15, -0.1) is 12.4 Å². The molecule has 2 aliphatic heterocycles. The molecular formula is C17H24ClFN2O2. The van der Waals surface area contributed by atoms with E-state index in [1.54, 1.807) is 19.1 Å². The molecule has 23 heavy (non-hydrogen) atoms. The molecule has 2 fully saturated rings. The zero-order valence-electron chi connectivity index (χ0n) is 13.3. The van der Waals surface area contributed by atoms with Crippen LogP contribution in [0.2, 0.25) is 0 Å². The highest BCUT2D eigenvalue weighted by Crippen LogP contribution is 2.33. The number of hydrogen-bond acceptors (Lipinski definition) is 3. The number of halogens is 2. The van der Waals surface area contributed by atoms with E-state index in [2.05, 4.69) is 10.6 Å². The Morgan fingerprint density at radius 2 is 2.04 bits per heavy atom. The predicted octanol–water partition coefficient (Wildman–Crippen LogP) is 3.51. The third kappa shape index (κ3) is 4.58. The fraction of sp³-hybridized carbons (Fsp3) is 0.588. The summed E-state index contributed by atoms with van der Waals surface area (Å²) in [6.07, 6.45) is 5.12. The second kappa shape index (κ2) is 7.97. The molecule has 3 rings (SSSR count). The standard InChI is InChI=1S/C17H23FN2O2.ClH/c1-2-22-16-6-5-14(10-15(16)18)20-17(21)9-11-7-12-3-4-13(8-11)19-12;/h5-6,10-13,19H,2-4,7-9H2,1H3,(H,20,21);1H. The average molecular weight is 343 g/mol. The number of benzene rings is 1. The zero-order valence-corrected chi connectivity index (χ0v) is 14.1. The molecule has 0 aromatic heterocycles. The molecule has 2 aliphatic rings. The van der Waals surface area contributed by atoms with Crippen LogP contribution in [0.25, 0.3) is 0 Å². The second-order valence-corrected chi connectivity index (χ2v) is 6.31. The molecule has 2 atom stereocenters. The SMILES string of the molecule is CCOc1ccc(NC(=O)CC2CC3CCC(C2)N3)cc1F.Cl. The summed E-state index contributed by atoms with van der Waals surface area (Å²) in [5.74, 6) is 0.177. The van der Waals surface area contributed by atoms with Gasteiger partial charge in [-0.25, -0.2) is 4.39 Å². The number of amides is 1. The van der Waals surface area contributed by atoms with Gasteiger partial charge in [0.2, 0.25) is 5.91 Å². The molecule has 1 aromatic carbocycles. The van der Waals surface area contributed by atoms with Crippen molar-refractivity contribution in [2.24, 2.45) is 5.92 Å². The van der Waals surface area contributed by atoms with Crippen molar-refractivity contribution in [3.05, 3.63) is 24.0 Å². The fourth-order valence-corrected chi connectivity index (χ4v) is 3.67. The maximum Gasteiger partial charge on any atom is 0.224 e. The molecule has 0 radical (unpaired) electrons. The van der Waals surface area contributed by atoms with Crippen molar-refractivity contribution < 1.29 is 13.9 Å². The Morgan fingerprint density at radius 3 is 2.65 bits per heavy atom. The van der Waals surface area contributed by atoms with Crippen molar-refractivity contribution >= 4 is 24.0 Å². The first-order valence-corrected chi connectivity index (χ1v) is 8.12. The summed E-state index contributed by atoms with van der Waals surface area (Å²) in [6.45, 7) is 2.22. The second-order valence-electron chi connectivity index (χ2n) is 6.31. The molecule has 2 unspecified atom stereocenters. The van der Waals surface area contributed by atoms with Crippen LogP contribution in [0.4, 0.5) is 10.1 Å². The summed E-state index contributed by atoms with van der Waals surface area (Å²) in [5.41, 5.74) is 0.489. The van der Waals surface area contributed by atoms with Crippen LogP contribution in [0.5, 0.6) is 5.75 Å². The van der Waals surface area contributed by atoms with E-state index in [1.807, 2.05) is 0 Å². The molecule has 2 saturated heterocycles. The first-order chi connectivity index (χ1) is 10.6. The van der Waals surface area contributed by atoms with E-state index >= 15 is 0 Å². The number of fused-ring (bicyclic) bond motifs is 2. The Kier molecular flexibility index (Phi) is 6.25. The molecule has 1 amide bonds. The summed E-state index contributed by atoms with van der Waals surface area (Å²) < 4.78 is 18.9. The predicted molar refractivity (Wildman–Crippen MR) is 90.7 cm³/mol. The monoisotopic (exact) mass is 342 g/mol. The van der Waals surface area contributed by atoms with Gasteiger partial charge in [0.05, 0.1) is 6.61 Å². The summed E-state index contributed by atoms with van der Waals surface area (Å²) in [4.78, 5) is 12.2. The van der Waals surface area contributed by atoms with E-state index in [0.717, 1.165) is 12.8 Å². The molecule has 4 nitrogen and oxygen atoms in total. The first kappa shape index (κ1) is 18.0. The van der Waals surface area contributed by atoms with Gasteiger partial charge in [0.1, 0.15) is 0 Å². The summed E-state index contributed by atoms with van der Waals surface area (Å²) >= 11 is 0. The van der Waals surface area contributed by atoms with Crippen molar-refractivity contribution in [3.63, 3.8) is 0 Å². The summed E-state index contributed by atoms with van der Waals surface area (Å²) in [5, 5.41) is 6.37. The molecule has 2 bridgehead atoms. The van der Waals surface area contributed by atoms with Crippen LogP contribution in [0.3, 0.4) is 0 Å². The van der Waals surface area contributed by atoms with Crippen molar-refractivity contribution in [2.45, 2.75) is 51.1 Å². The minimum Gasteiger partial charge on any atom is -0.491 e. The van der Waals surface area contributed by atoms with E-state index in [-0.39, 0.29) is 24.1 Å². The highest BCUT2D eigenvalue weighted by Gasteiger charge is 2.34. The van der Waals surface area contributed by atoms with Crippen LogP contribution < -0.4 is 15.4 Å². The molecule has 2 heterocycles. The summed E-state index contributed by atoms with van der Waals surface area (Å²) in [6, 6.07) is 5.71. The Hall–Kier alpha value is -1.33. The van der Waals surface area contributed by atoms with E-state index in [4.69, 9.17) is 4.74 Å². The first-order valence-electron chi connectivity index (χ1n) is 8.12. The van der Waals surface area contributed by atoms with Crippen molar-refractivity contribution in [1.29, 1.82) is 0 Å². The number of carbonyl (C=O) groups is 1. The molecular weight excluding hydrogens is 319 g/mol. The lowest BCUT2D eigenvalue weighted by atomic mass is 9.89. The quantitative estimate of drug-likeness (QED) is 0.861. The van der Waals surface area contributed by atoms with E-state index in [0.29, 0.717) is 36.7 Å². The van der Waals surface area contributed by atoms with Crippen LogP contribution in [-0.2, 0) is 4.79 Å². The van der Waals surface area contributed by atoms with Crippen LogP contribution >= 0.6 is 12.4 Å². The van der Waals surface area contributed by atoms with Crippen molar-refractivity contribution in [2.75, 3.05) is 11.9 Å². The van der Waals surface area contributed by atoms with Crippen LogP contribution in [-0.4, -0.2) is 24.6 Å². The number of hydrogen-bond donors (Lipinski definition) is 2. The third-order valence-electron chi connectivity index (χ3n) is 4.56. The number of piperidine rings is 1. The van der Waals surface area contributed by atoms with Crippen molar-refractivity contribution in [3.8, 4) is 5.75 Å². The van der Waals surface area contributed by atoms with Crippen LogP contribution in [0.1, 0.15) is 39.0 Å². The van der Waals surface area contributed by atoms with Gasteiger partial charge in [-0.2, -0.15) is 0 Å². The van der Waals surface area contributed by atoms with Gasteiger partial charge in [-0.1, -0.05) is 0 Å². The lowest BCUT2D eigenvalue weighted by Crippen LogP contribution is -2.39. The van der Waals surface area contributed by atoms with Gasteiger partial charge in [-0.3, -0.25) is 4.79 Å². The molecule has 0 saturated carbocycles. The highest BCUT2D eigenvalue weighted by atomic mass is 35.5. The fourth-order valence-electron chi connectivity index (χ4n) is 3.67. The number of rotatable bonds is 5. The van der Waals surface area contributed by atoms with E-state index in [1.165, 1.54) is 18.9 Å². The van der Waals surface area contributed by atoms with Gasteiger partial charge in [-0.05, 0) is 50.7 Å². The van der Waals surface area contributed by atoms with Crippen LogP contribution in [0.15, 0.2) is 18.2 Å². The van der Waals surface area contributed by atoms with Crippen molar-refractivity contribution in [1.82, 2.24) is 5.32 Å². The third-order valence-corrected chi connectivity index (χ3v) is 4.56. The van der Waals surface area contributed by atoms with Gasteiger partial charge in [0.15, 0.2) is 11.6 Å². The number of nitrogens with one attached hydrogen (secondary N) is 2. The Balaban J connectivity index is 0.00000192. The average Bonchev–Trinajstić information content (AvgIpc) is 2.81. The number of ether oxygens (including phenoxy) is 1. The summed E-state index contributed by atoms with van der Waals surface area (Å²) in [7, 11) is 0. The normalized spacial score (nSPS) is 25.6.